The second kappa shape index (κ2) is 8.60. The van der Waals surface area contributed by atoms with Gasteiger partial charge in [-0.1, -0.05) is 30.3 Å². The average Bonchev–Trinajstić information content (AvgIpc) is 2.69. The number of carbonyl (C=O) groups excluding carboxylic acids is 2. The summed E-state index contributed by atoms with van der Waals surface area (Å²) < 4.78 is 15.7. The number of esters is 1. The summed E-state index contributed by atoms with van der Waals surface area (Å²) in [4.78, 5) is 35.9. The maximum absolute atomic E-state index is 12.4. The molecular weight excluding hydrogens is 374 g/mol. The lowest BCUT2D eigenvalue weighted by Gasteiger charge is -2.15. The molecule has 0 saturated heterocycles. The summed E-state index contributed by atoms with van der Waals surface area (Å²) in [5.41, 5.74) is 2.02. The lowest BCUT2D eigenvalue weighted by atomic mass is 10.1. The van der Waals surface area contributed by atoms with Crippen LogP contribution >= 0.6 is 0 Å². The van der Waals surface area contributed by atoms with E-state index in [9.17, 15) is 14.4 Å². The highest BCUT2D eigenvalue weighted by Gasteiger charge is 2.20. The second-order valence-corrected chi connectivity index (χ2v) is 6.66. The van der Waals surface area contributed by atoms with E-state index >= 15 is 0 Å². The second-order valence-electron chi connectivity index (χ2n) is 6.66. The first-order chi connectivity index (χ1) is 13.8. The third-order valence-corrected chi connectivity index (χ3v) is 4.43. The van der Waals surface area contributed by atoms with E-state index in [0.29, 0.717) is 11.1 Å². The number of fused-ring (bicyclic) bond motifs is 1. The number of nitrogens with one attached hydrogen (secondary N) is 1. The fraction of sp³-hybridized carbons (Fsp3) is 0.227. The maximum atomic E-state index is 12.4. The van der Waals surface area contributed by atoms with Crippen LogP contribution in [0.3, 0.4) is 0 Å². The van der Waals surface area contributed by atoms with Crippen LogP contribution in [-0.4, -0.2) is 18.1 Å². The molecule has 0 unspecified atom stereocenters. The Labute approximate surface area is 167 Å². The third kappa shape index (κ3) is 4.82. The monoisotopic (exact) mass is 395 g/mol. The Morgan fingerprint density at radius 2 is 1.83 bits per heavy atom. The summed E-state index contributed by atoms with van der Waals surface area (Å²) in [5, 5.41) is 3.20. The van der Waals surface area contributed by atoms with Crippen molar-refractivity contribution in [3.8, 4) is 5.75 Å². The van der Waals surface area contributed by atoms with Gasteiger partial charge in [0.15, 0.2) is 0 Å². The van der Waals surface area contributed by atoms with Gasteiger partial charge in [-0.3, -0.25) is 0 Å². The molecule has 150 valence electrons. The van der Waals surface area contributed by atoms with E-state index in [1.54, 1.807) is 26.0 Å². The summed E-state index contributed by atoms with van der Waals surface area (Å²) in [6.45, 7) is 5.08. The number of amides is 1. The first kappa shape index (κ1) is 20.1. The molecular formula is C22H21NO6. The molecule has 1 amide bonds. The van der Waals surface area contributed by atoms with Crippen LogP contribution in [0.2, 0.25) is 0 Å². The van der Waals surface area contributed by atoms with E-state index in [1.807, 2.05) is 30.3 Å². The van der Waals surface area contributed by atoms with E-state index in [0.717, 1.165) is 16.5 Å². The zero-order valence-electron chi connectivity index (χ0n) is 16.4. The molecule has 0 aliphatic carbocycles. The number of carbonyl (C=O) groups is 2. The number of hydrogen-bond donors (Lipinski definition) is 1. The number of rotatable bonds is 5. The number of hydrogen-bond acceptors (Lipinski definition) is 6. The van der Waals surface area contributed by atoms with Gasteiger partial charge in [0.2, 0.25) is 0 Å². The molecule has 7 heteroatoms. The smallest absolute Gasteiger partial charge is 0.408 e. The molecule has 2 aromatic carbocycles. The molecule has 1 heterocycles. The van der Waals surface area contributed by atoms with Gasteiger partial charge in [-0.15, -0.1) is 0 Å². The summed E-state index contributed by atoms with van der Waals surface area (Å²) in [7, 11) is 0. The van der Waals surface area contributed by atoms with Gasteiger partial charge in [0.1, 0.15) is 24.0 Å². The van der Waals surface area contributed by atoms with Crippen LogP contribution in [0.15, 0.2) is 57.7 Å². The Morgan fingerprint density at radius 1 is 1.10 bits per heavy atom. The van der Waals surface area contributed by atoms with E-state index < -0.39 is 23.7 Å². The number of alkyl carbamates (subject to hydrolysis) is 1. The van der Waals surface area contributed by atoms with Crippen molar-refractivity contribution in [1.29, 1.82) is 0 Å². The molecule has 0 bridgehead atoms. The minimum absolute atomic E-state index is 0.0939. The van der Waals surface area contributed by atoms with Gasteiger partial charge in [0, 0.05) is 17.0 Å². The van der Waals surface area contributed by atoms with Crippen LogP contribution in [0.4, 0.5) is 4.79 Å². The zero-order valence-corrected chi connectivity index (χ0v) is 16.4. The van der Waals surface area contributed by atoms with Crippen molar-refractivity contribution in [1.82, 2.24) is 5.32 Å². The summed E-state index contributed by atoms with van der Waals surface area (Å²) >= 11 is 0. The average molecular weight is 395 g/mol. The molecule has 1 aromatic heterocycles. The number of benzene rings is 2. The highest BCUT2D eigenvalue weighted by molar-refractivity contribution is 5.87. The Balaban J connectivity index is 1.64. The molecule has 0 radical (unpaired) electrons. The van der Waals surface area contributed by atoms with Crippen molar-refractivity contribution >= 4 is 23.0 Å². The fourth-order valence-corrected chi connectivity index (χ4v) is 2.81. The van der Waals surface area contributed by atoms with Crippen molar-refractivity contribution in [3.05, 3.63) is 75.6 Å². The normalized spacial score (nSPS) is 11.7. The highest BCUT2D eigenvalue weighted by atomic mass is 16.6. The van der Waals surface area contributed by atoms with Gasteiger partial charge in [-0.25, -0.2) is 14.4 Å². The molecule has 1 N–H and O–H groups in total. The topological polar surface area (TPSA) is 94.8 Å². The van der Waals surface area contributed by atoms with Gasteiger partial charge in [-0.2, -0.15) is 0 Å². The Bertz CT molecular complexity index is 1100. The first-order valence-corrected chi connectivity index (χ1v) is 9.08. The van der Waals surface area contributed by atoms with Crippen LogP contribution in [0.5, 0.6) is 5.75 Å². The Hall–Kier alpha value is -3.61. The SMILES string of the molecule is Cc1cc(=O)oc2c(C)c(OC(=O)[C@@H](C)NC(=O)OCc3ccccc3)ccc12. The standard InChI is InChI=1S/C22H21NO6/c1-13-11-19(24)29-20-14(2)18(10-9-17(13)20)28-21(25)15(3)23-22(26)27-12-16-7-5-4-6-8-16/h4-11,15H,12H2,1-3H3,(H,23,26)/t15-/m1/s1. The van der Waals surface area contributed by atoms with Crippen LogP contribution in [0, 0.1) is 13.8 Å². The third-order valence-electron chi connectivity index (χ3n) is 4.43. The molecule has 3 aromatic rings. The minimum atomic E-state index is -0.933. The van der Waals surface area contributed by atoms with E-state index in [4.69, 9.17) is 13.9 Å². The van der Waals surface area contributed by atoms with Crippen molar-refractivity contribution < 1.29 is 23.5 Å². The molecule has 0 spiro atoms. The largest absolute Gasteiger partial charge is 0.445 e. The molecule has 1 atom stereocenters. The molecule has 0 fully saturated rings. The van der Waals surface area contributed by atoms with E-state index in [-0.39, 0.29) is 12.4 Å². The van der Waals surface area contributed by atoms with Crippen LogP contribution in [-0.2, 0) is 16.1 Å². The highest BCUT2D eigenvalue weighted by Crippen LogP contribution is 2.28. The maximum Gasteiger partial charge on any atom is 0.408 e. The van der Waals surface area contributed by atoms with E-state index in [2.05, 4.69) is 5.32 Å². The predicted molar refractivity (Wildman–Crippen MR) is 107 cm³/mol. The molecule has 29 heavy (non-hydrogen) atoms. The number of aryl methyl sites for hydroxylation is 2. The first-order valence-electron chi connectivity index (χ1n) is 9.08. The van der Waals surface area contributed by atoms with Crippen LogP contribution < -0.4 is 15.7 Å². The molecule has 0 aliphatic heterocycles. The zero-order chi connectivity index (χ0) is 21.0. The Morgan fingerprint density at radius 3 is 2.55 bits per heavy atom. The summed E-state index contributed by atoms with van der Waals surface area (Å²) in [5.74, 6) is -0.415. The van der Waals surface area contributed by atoms with Gasteiger partial charge in [-0.05, 0) is 44.0 Å². The van der Waals surface area contributed by atoms with Crippen LogP contribution in [0.25, 0.3) is 11.0 Å². The number of ether oxygens (including phenoxy) is 2. The van der Waals surface area contributed by atoms with Crippen molar-refractivity contribution in [3.63, 3.8) is 0 Å². The van der Waals surface area contributed by atoms with Crippen molar-refractivity contribution in [2.75, 3.05) is 0 Å². The quantitative estimate of drug-likeness (QED) is 0.403. The predicted octanol–water partition coefficient (Wildman–Crippen LogP) is 3.63. The van der Waals surface area contributed by atoms with Crippen molar-refractivity contribution in [2.45, 2.75) is 33.4 Å². The minimum Gasteiger partial charge on any atom is -0.445 e. The summed E-state index contributed by atoms with van der Waals surface area (Å²) in [6.07, 6.45) is -0.727. The molecule has 3 rings (SSSR count). The lowest BCUT2D eigenvalue weighted by molar-refractivity contribution is -0.136. The fourth-order valence-electron chi connectivity index (χ4n) is 2.81. The van der Waals surface area contributed by atoms with Gasteiger partial charge in [0.25, 0.3) is 0 Å². The van der Waals surface area contributed by atoms with Crippen molar-refractivity contribution in [2.24, 2.45) is 0 Å². The van der Waals surface area contributed by atoms with E-state index in [1.165, 1.54) is 13.0 Å². The van der Waals surface area contributed by atoms with Gasteiger partial charge < -0.3 is 19.2 Å². The van der Waals surface area contributed by atoms with Crippen LogP contribution in [0.1, 0.15) is 23.6 Å². The molecule has 0 saturated carbocycles. The molecule has 0 aliphatic rings. The summed E-state index contributed by atoms with van der Waals surface area (Å²) in [6, 6.07) is 13.0. The lowest BCUT2D eigenvalue weighted by Crippen LogP contribution is -2.41. The van der Waals surface area contributed by atoms with Gasteiger partial charge >= 0.3 is 17.7 Å². The van der Waals surface area contributed by atoms with Gasteiger partial charge in [0.05, 0.1) is 0 Å². The Kier molecular flexibility index (Phi) is 5.97. The molecule has 7 nitrogen and oxygen atoms in total.